The molecule has 1 rings (SSSR count). The molecule has 6 nitrogen and oxygen atoms in total. The predicted octanol–water partition coefficient (Wildman–Crippen LogP) is 2.43. The first-order valence-corrected chi connectivity index (χ1v) is 4.98. The molecule has 1 aromatic rings. The van der Waals surface area contributed by atoms with E-state index in [1.165, 1.54) is 19.2 Å². The molecule has 0 saturated heterocycles. The van der Waals surface area contributed by atoms with Gasteiger partial charge in [0.15, 0.2) is 0 Å². The Labute approximate surface area is 98.0 Å². The number of methoxy groups -OCH3 is 1. The Morgan fingerprint density at radius 3 is 2.41 bits per heavy atom. The van der Waals surface area contributed by atoms with Crippen LogP contribution >= 0.6 is 0 Å². The third kappa shape index (κ3) is 2.52. The van der Waals surface area contributed by atoms with Gasteiger partial charge < -0.3 is 9.84 Å². The summed E-state index contributed by atoms with van der Waals surface area (Å²) in [6, 6.07) is 2.74. The maximum Gasteiger partial charge on any atom is 0.339 e. The van der Waals surface area contributed by atoms with Gasteiger partial charge in [-0.25, -0.2) is 4.79 Å². The quantitative estimate of drug-likeness (QED) is 0.643. The Bertz CT molecular complexity index is 432. The number of nitro benzene ring substituents is 1. The van der Waals surface area contributed by atoms with E-state index in [-0.39, 0.29) is 22.9 Å². The lowest BCUT2D eigenvalue weighted by Gasteiger charge is -2.10. The van der Waals surface area contributed by atoms with Crippen molar-refractivity contribution in [2.24, 2.45) is 0 Å². The lowest BCUT2D eigenvalue weighted by Crippen LogP contribution is -2.05. The van der Waals surface area contributed by atoms with Crippen molar-refractivity contribution >= 4 is 11.7 Å². The molecule has 0 fully saturated rings. The predicted molar refractivity (Wildman–Crippen MR) is 60.7 cm³/mol. The monoisotopic (exact) mass is 239 g/mol. The number of carboxylic acids is 1. The molecule has 0 aliphatic heterocycles. The van der Waals surface area contributed by atoms with Gasteiger partial charge in [0.05, 0.1) is 12.0 Å². The van der Waals surface area contributed by atoms with Gasteiger partial charge in [-0.05, 0) is 17.5 Å². The topological polar surface area (TPSA) is 89.7 Å². The molecule has 0 atom stereocenters. The SMILES string of the molecule is COc1c(C(=O)O)cc(C(C)C)cc1[N+](=O)[O-]. The van der Waals surface area contributed by atoms with Gasteiger partial charge in [0.2, 0.25) is 5.75 Å². The molecule has 0 amide bonds. The van der Waals surface area contributed by atoms with E-state index >= 15 is 0 Å². The standard InChI is InChI=1S/C11H13NO5/c1-6(2)7-4-8(11(13)14)10(17-3)9(5-7)12(15)16/h4-6H,1-3H3,(H,13,14). The highest BCUT2D eigenvalue weighted by molar-refractivity contribution is 5.93. The van der Waals surface area contributed by atoms with Gasteiger partial charge in [-0.3, -0.25) is 10.1 Å². The number of nitrogens with zero attached hydrogens (tertiary/aromatic N) is 1. The van der Waals surface area contributed by atoms with Crippen LogP contribution in [0.4, 0.5) is 5.69 Å². The molecule has 0 spiro atoms. The van der Waals surface area contributed by atoms with Crippen molar-refractivity contribution < 1.29 is 19.6 Å². The van der Waals surface area contributed by atoms with Gasteiger partial charge in [-0.1, -0.05) is 13.8 Å². The van der Waals surface area contributed by atoms with Crippen LogP contribution < -0.4 is 4.74 Å². The molecule has 0 aromatic heterocycles. The third-order valence-corrected chi connectivity index (χ3v) is 2.39. The number of ether oxygens (including phenoxy) is 1. The zero-order valence-electron chi connectivity index (χ0n) is 9.76. The van der Waals surface area contributed by atoms with E-state index in [4.69, 9.17) is 9.84 Å². The summed E-state index contributed by atoms with van der Waals surface area (Å²) in [4.78, 5) is 21.2. The van der Waals surface area contributed by atoms with Crippen LogP contribution in [0.2, 0.25) is 0 Å². The summed E-state index contributed by atoms with van der Waals surface area (Å²) in [7, 11) is 1.21. The number of hydrogen-bond acceptors (Lipinski definition) is 4. The minimum atomic E-state index is -1.24. The number of hydrogen-bond donors (Lipinski definition) is 1. The molecule has 1 N–H and O–H groups in total. The second kappa shape index (κ2) is 4.82. The highest BCUT2D eigenvalue weighted by atomic mass is 16.6. The summed E-state index contributed by atoms with van der Waals surface area (Å²) in [5.41, 5.74) is 0.0800. The van der Waals surface area contributed by atoms with Crippen LogP contribution in [0.3, 0.4) is 0 Å². The summed E-state index contributed by atoms with van der Waals surface area (Å²) < 4.78 is 4.81. The van der Waals surface area contributed by atoms with E-state index in [1.54, 1.807) is 0 Å². The molecule has 0 aliphatic rings. The molecule has 0 bridgehead atoms. The number of aromatic carboxylic acids is 1. The first-order valence-electron chi connectivity index (χ1n) is 4.98. The average Bonchev–Trinajstić information content (AvgIpc) is 2.26. The Balaban J connectivity index is 3.57. The molecular formula is C11H13NO5. The van der Waals surface area contributed by atoms with Crippen molar-refractivity contribution in [1.82, 2.24) is 0 Å². The summed E-state index contributed by atoms with van der Waals surface area (Å²) in [5.74, 6) is -1.46. The van der Waals surface area contributed by atoms with Gasteiger partial charge in [0, 0.05) is 6.07 Å². The van der Waals surface area contributed by atoms with E-state index in [9.17, 15) is 14.9 Å². The van der Waals surface area contributed by atoms with E-state index in [2.05, 4.69) is 0 Å². The molecule has 0 aliphatic carbocycles. The van der Waals surface area contributed by atoms with Gasteiger partial charge in [-0.2, -0.15) is 0 Å². The fraction of sp³-hybridized carbons (Fsp3) is 0.364. The molecule has 0 heterocycles. The molecule has 17 heavy (non-hydrogen) atoms. The van der Waals surface area contributed by atoms with Crippen LogP contribution in [0.25, 0.3) is 0 Å². The van der Waals surface area contributed by atoms with Gasteiger partial charge in [0.1, 0.15) is 5.56 Å². The van der Waals surface area contributed by atoms with Gasteiger partial charge in [-0.15, -0.1) is 0 Å². The Morgan fingerprint density at radius 1 is 1.47 bits per heavy atom. The second-order valence-corrected chi connectivity index (χ2v) is 3.84. The molecule has 0 unspecified atom stereocenters. The highest BCUT2D eigenvalue weighted by Gasteiger charge is 2.24. The van der Waals surface area contributed by atoms with E-state index in [0.717, 1.165) is 0 Å². The van der Waals surface area contributed by atoms with Crippen molar-refractivity contribution in [1.29, 1.82) is 0 Å². The van der Waals surface area contributed by atoms with Crippen molar-refractivity contribution in [2.45, 2.75) is 19.8 Å². The van der Waals surface area contributed by atoms with Crippen LogP contribution in [-0.4, -0.2) is 23.1 Å². The van der Waals surface area contributed by atoms with Gasteiger partial charge in [0.25, 0.3) is 0 Å². The average molecular weight is 239 g/mol. The number of carbonyl (C=O) groups is 1. The summed E-state index contributed by atoms with van der Waals surface area (Å²) in [5, 5.41) is 19.9. The normalized spacial score (nSPS) is 10.4. The zero-order chi connectivity index (χ0) is 13.2. The summed E-state index contributed by atoms with van der Waals surface area (Å²) >= 11 is 0. The lowest BCUT2D eigenvalue weighted by atomic mass is 9.99. The molecular weight excluding hydrogens is 226 g/mol. The number of rotatable bonds is 4. The summed E-state index contributed by atoms with van der Waals surface area (Å²) in [6.45, 7) is 3.66. The molecule has 6 heteroatoms. The minimum absolute atomic E-state index is 0.00212. The molecule has 1 aromatic carbocycles. The van der Waals surface area contributed by atoms with Crippen LogP contribution in [0.5, 0.6) is 5.75 Å². The van der Waals surface area contributed by atoms with Crippen LogP contribution in [-0.2, 0) is 0 Å². The Kier molecular flexibility index (Phi) is 3.67. The van der Waals surface area contributed by atoms with E-state index in [0.29, 0.717) is 5.56 Å². The summed E-state index contributed by atoms with van der Waals surface area (Å²) in [6.07, 6.45) is 0. The fourth-order valence-electron chi connectivity index (χ4n) is 1.48. The first kappa shape index (κ1) is 13.0. The molecule has 92 valence electrons. The molecule has 0 saturated carbocycles. The maximum absolute atomic E-state index is 11.0. The number of carboxylic acid groups (broad SMARTS) is 1. The van der Waals surface area contributed by atoms with Crippen molar-refractivity contribution in [3.05, 3.63) is 33.4 Å². The van der Waals surface area contributed by atoms with Crippen molar-refractivity contribution in [2.75, 3.05) is 7.11 Å². The van der Waals surface area contributed by atoms with E-state index in [1.807, 2.05) is 13.8 Å². The number of nitro groups is 1. The Hall–Kier alpha value is -2.11. The fourth-order valence-corrected chi connectivity index (χ4v) is 1.48. The minimum Gasteiger partial charge on any atom is -0.490 e. The van der Waals surface area contributed by atoms with Gasteiger partial charge >= 0.3 is 11.7 Å². The third-order valence-electron chi connectivity index (χ3n) is 2.39. The second-order valence-electron chi connectivity index (χ2n) is 3.84. The Morgan fingerprint density at radius 2 is 2.06 bits per heavy atom. The smallest absolute Gasteiger partial charge is 0.339 e. The van der Waals surface area contributed by atoms with Crippen molar-refractivity contribution in [3.63, 3.8) is 0 Å². The van der Waals surface area contributed by atoms with Crippen LogP contribution in [0.1, 0.15) is 35.7 Å². The first-order chi connectivity index (χ1) is 7.88. The maximum atomic E-state index is 11.0. The zero-order valence-corrected chi connectivity index (χ0v) is 9.76. The number of benzene rings is 1. The lowest BCUT2D eigenvalue weighted by molar-refractivity contribution is -0.385. The highest BCUT2D eigenvalue weighted by Crippen LogP contribution is 2.34. The van der Waals surface area contributed by atoms with Crippen LogP contribution in [0, 0.1) is 10.1 Å². The van der Waals surface area contributed by atoms with E-state index < -0.39 is 10.9 Å². The largest absolute Gasteiger partial charge is 0.490 e. The van der Waals surface area contributed by atoms with Crippen molar-refractivity contribution in [3.8, 4) is 5.75 Å². The molecule has 0 radical (unpaired) electrons. The van der Waals surface area contributed by atoms with Crippen LogP contribution in [0.15, 0.2) is 12.1 Å².